The monoisotopic (exact) mass is 829 g/mol. The molecule has 3 aromatic carbocycles. The summed E-state index contributed by atoms with van der Waals surface area (Å²) >= 11 is 0. The number of halogens is 3. The molecule has 1 aromatic heterocycles. The molecular formula is C39H47BF3N5O11. The maximum Gasteiger partial charge on any atom is 0.573 e. The predicted molar refractivity (Wildman–Crippen MR) is 210 cm³/mol. The van der Waals surface area contributed by atoms with Gasteiger partial charge in [0.1, 0.15) is 17.9 Å². The van der Waals surface area contributed by atoms with Crippen LogP contribution in [0.1, 0.15) is 20.7 Å². The maximum absolute atomic E-state index is 12.7. The molecule has 0 unspecified atom stereocenters. The third-order valence-electron chi connectivity index (χ3n) is 7.84. The van der Waals surface area contributed by atoms with Crippen LogP contribution in [0.2, 0.25) is 0 Å². The summed E-state index contributed by atoms with van der Waals surface area (Å²) in [7, 11) is -1.58. The Morgan fingerprint density at radius 2 is 1.12 bits per heavy atom. The molecule has 4 rings (SSSR count). The zero-order chi connectivity index (χ0) is 42.1. The highest BCUT2D eigenvalue weighted by Gasteiger charge is 2.31. The molecule has 0 fully saturated rings. The summed E-state index contributed by atoms with van der Waals surface area (Å²) in [5, 5.41) is 26.8. The van der Waals surface area contributed by atoms with Gasteiger partial charge in [-0.15, -0.1) is 13.2 Å². The Morgan fingerprint density at radius 1 is 0.610 bits per heavy atom. The fourth-order valence-corrected chi connectivity index (χ4v) is 4.98. The van der Waals surface area contributed by atoms with Gasteiger partial charge in [0.15, 0.2) is 0 Å². The van der Waals surface area contributed by atoms with Crippen LogP contribution in [0.15, 0.2) is 85.2 Å². The highest BCUT2D eigenvalue weighted by Crippen LogP contribution is 2.26. The Labute approximate surface area is 339 Å². The first-order valence-corrected chi connectivity index (χ1v) is 18.6. The van der Waals surface area contributed by atoms with E-state index in [1.54, 1.807) is 30.3 Å². The second-order valence-electron chi connectivity index (χ2n) is 12.2. The van der Waals surface area contributed by atoms with Crippen molar-refractivity contribution in [1.29, 1.82) is 0 Å². The third-order valence-corrected chi connectivity index (χ3v) is 7.84. The Bertz CT molecular complexity index is 1830. The minimum atomic E-state index is -4.78. The van der Waals surface area contributed by atoms with Gasteiger partial charge in [-0.25, -0.2) is 9.97 Å². The van der Waals surface area contributed by atoms with Crippen LogP contribution in [0.25, 0.3) is 11.3 Å². The number of aromatic nitrogens is 2. The van der Waals surface area contributed by atoms with Crippen molar-refractivity contribution in [1.82, 2.24) is 20.6 Å². The number of anilines is 2. The maximum atomic E-state index is 12.7. The van der Waals surface area contributed by atoms with Gasteiger partial charge < -0.3 is 59.2 Å². The molecule has 0 bridgehead atoms. The predicted octanol–water partition coefficient (Wildman–Crippen LogP) is 2.73. The van der Waals surface area contributed by atoms with Crippen LogP contribution >= 0.6 is 0 Å². The molecule has 5 N–H and O–H groups in total. The normalized spacial score (nSPS) is 11.3. The fraction of sp³-hybridized carbons (Fsp3) is 0.385. The molecule has 59 heavy (non-hydrogen) atoms. The van der Waals surface area contributed by atoms with Crippen LogP contribution in [0.5, 0.6) is 5.75 Å². The van der Waals surface area contributed by atoms with Crippen LogP contribution in [0.3, 0.4) is 0 Å². The summed E-state index contributed by atoms with van der Waals surface area (Å²) in [6, 6.07) is 19.7. The number of nitrogens with zero attached hydrogens (tertiary/aromatic N) is 2. The first-order valence-electron chi connectivity index (χ1n) is 18.6. The number of amides is 2. The molecule has 0 aliphatic heterocycles. The van der Waals surface area contributed by atoms with Crippen molar-refractivity contribution < 1.29 is 66.0 Å². The van der Waals surface area contributed by atoms with E-state index >= 15 is 0 Å². The van der Waals surface area contributed by atoms with Gasteiger partial charge in [-0.1, -0.05) is 24.3 Å². The molecular weight excluding hydrogens is 782 g/mol. The highest BCUT2D eigenvalue weighted by molar-refractivity contribution is 6.58. The van der Waals surface area contributed by atoms with Crippen molar-refractivity contribution in [3.8, 4) is 17.0 Å². The van der Waals surface area contributed by atoms with Gasteiger partial charge in [0.25, 0.3) is 11.8 Å². The molecule has 0 saturated carbocycles. The molecule has 2 amide bonds. The Hall–Kier alpha value is -5.19. The summed E-state index contributed by atoms with van der Waals surface area (Å²) < 4.78 is 74.0. The molecule has 0 spiro atoms. The average molecular weight is 830 g/mol. The van der Waals surface area contributed by atoms with Gasteiger partial charge in [-0.05, 0) is 54.0 Å². The number of ether oxygens (including phenoxy) is 7. The van der Waals surface area contributed by atoms with Crippen molar-refractivity contribution in [3.63, 3.8) is 0 Å². The number of rotatable bonds is 28. The van der Waals surface area contributed by atoms with E-state index in [-0.39, 0.29) is 17.6 Å². The van der Waals surface area contributed by atoms with Crippen molar-refractivity contribution in [2.75, 3.05) is 97.7 Å². The van der Waals surface area contributed by atoms with Crippen LogP contribution in [-0.4, -0.2) is 138 Å². The number of nitrogens with one attached hydrogen (secondary N) is 3. The summed E-state index contributed by atoms with van der Waals surface area (Å²) in [6.07, 6.45) is -3.44. The average Bonchev–Trinajstić information content (AvgIpc) is 3.23. The van der Waals surface area contributed by atoms with Gasteiger partial charge in [0, 0.05) is 41.5 Å². The summed E-state index contributed by atoms with van der Waals surface area (Å²) in [4.78, 5) is 33.3. The minimum absolute atomic E-state index is 0.282. The Morgan fingerprint density at radius 3 is 1.63 bits per heavy atom. The summed E-state index contributed by atoms with van der Waals surface area (Å²) in [5.41, 5.74) is 2.83. The van der Waals surface area contributed by atoms with E-state index in [1.165, 1.54) is 54.9 Å². The third kappa shape index (κ3) is 19.0. The second kappa shape index (κ2) is 26.0. The van der Waals surface area contributed by atoms with Gasteiger partial charge >= 0.3 is 13.5 Å². The van der Waals surface area contributed by atoms with Crippen molar-refractivity contribution in [2.45, 2.75) is 6.36 Å². The first-order chi connectivity index (χ1) is 28.6. The largest absolute Gasteiger partial charge is 0.573 e. The van der Waals surface area contributed by atoms with Crippen LogP contribution in [-0.2, 0) is 28.4 Å². The molecule has 4 aromatic rings. The molecule has 1 heterocycles. The molecule has 0 radical (unpaired) electrons. The van der Waals surface area contributed by atoms with Crippen molar-refractivity contribution in [3.05, 3.63) is 96.3 Å². The number of benzene rings is 3. The van der Waals surface area contributed by atoms with E-state index in [9.17, 15) is 22.8 Å². The first kappa shape index (κ1) is 46.5. The van der Waals surface area contributed by atoms with Gasteiger partial charge in [0.2, 0.25) is 0 Å². The van der Waals surface area contributed by atoms with Crippen LogP contribution < -0.4 is 26.2 Å². The minimum Gasteiger partial charge on any atom is -0.423 e. The quantitative estimate of drug-likeness (QED) is 0.0414. The van der Waals surface area contributed by atoms with Gasteiger partial charge in [-0.2, -0.15) is 0 Å². The molecule has 20 heteroatoms. The Kier molecular flexibility index (Phi) is 20.5. The molecule has 318 valence electrons. The SMILES string of the molecule is O=C(NCCOCCOCCOCCOCCOCCOCCNC(=O)c1cccc(-c2cc(Nc3ccc(OC(F)(F)F)cc3)ncn2)c1)c1ccc(B(O)O)cc1. The zero-order valence-electron chi connectivity index (χ0n) is 32.2. The molecule has 0 saturated heterocycles. The number of carbonyl (C=O) groups is 2. The molecule has 0 atom stereocenters. The number of carbonyl (C=O) groups excluding carboxylic acids is 2. The standard InChI is InChI=1S/C39H47BF3N5O11/c41-39(42,43)59-34-10-8-33(9-11-34)48-36-27-35(46-28-47-36)30-2-1-3-31(26-30)38(50)45-13-15-54-17-19-56-21-23-58-25-24-57-22-20-55-18-16-53-14-12-44-37(49)29-4-6-32(7-5-29)40(51)52/h1-11,26-28,51-52H,12-25H2,(H,44,49)(H,45,50)(H,46,47,48). The van der Waals surface area contributed by atoms with Crippen LogP contribution in [0, 0.1) is 0 Å². The van der Waals surface area contributed by atoms with E-state index in [2.05, 4.69) is 30.7 Å². The lowest BCUT2D eigenvalue weighted by Crippen LogP contribution is -2.31. The summed E-state index contributed by atoms with van der Waals surface area (Å²) in [5.74, 6) is -0.507. The fourth-order valence-electron chi connectivity index (χ4n) is 4.98. The van der Waals surface area contributed by atoms with E-state index in [0.29, 0.717) is 132 Å². The molecule has 0 aliphatic rings. The number of hydrogen-bond acceptors (Lipinski definition) is 14. The second-order valence-corrected chi connectivity index (χ2v) is 12.2. The Balaban J connectivity index is 0.930. The lowest BCUT2D eigenvalue weighted by Gasteiger charge is -2.11. The highest BCUT2D eigenvalue weighted by atomic mass is 19.4. The van der Waals surface area contributed by atoms with Crippen molar-refractivity contribution in [2.24, 2.45) is 0 Å². The molecule has 0 aliphatic carbocycles. The van der Waals surface area contributed by atoms with E-state index < -0.39 is 13.5 Å². The number of hydrogen-bond donors (Lipinski definition) is 5. The van der Waals surface area contributed by atoms with Crippen molar-refractivity contribution >= 4 is 35.9 Å². The lowest BCUT2D eigenvalue weighted by atomic mass is 9.80. The zero-order valence-corrected chi connectivity index (χ0v) is 32.2. The smallest absolute Gasteiger partial charge is 0.423 e. The lowest BCUT2D eigenvalue weighted by molar-refractivity contribution is -0.274. The van der Waals surface area contributed by atoms with E-state index in [1.807, 2.05) is 0 Å². The van der Waals surface area contributed by atoms with E-state index in [4.69, 9.17) is 38.5 Å². The van der Waals surface area contributed by atoms with Crippen LogP contribution in [0.4, 0.5) is 24.7 Å². The van der Waals surface area contributed by atoms with Gasteiger partial charge in [-0.3, -0.25) is 9.59 Å². The molecule has 16 nitrogen and oxygen atoms in total. The van der Waals surface area contributed by atoms with Gasteiger partial charge in [0.05, 0.1) is 85.0 Å². The van der Waals surface area contributed by atoms with E-state index in [0.717, 1.165) is 0 Å². The number of alkyl halides is 3. The topological polar surface area (TPSA) is 201 Å². The summed E-state index contributed by atoms with van der Waals surface area (Å²) in [6.45, 7) is 5.13.